The maximum atomic E-state index is 13.3. The van der Waals surface area contributed by atoms with Crippen LogP contribution in [0.1, 0.15) is 58.6 Å². The first-order chi connectivity index (χ1) is 16.1. The third-order valence-electron chi connectivity index (χ3n) is 7.05. The van der Waals surface area contributed by atoms with Gasteiger partial charge in [0, 0.05) is 38.2 Å². The Labute approximate surface area is 194 Å². The molecule has 2 saturated heterocycles. The average molecular weight is 474 g/mol. The van der Waals surface area contributed by atoms with E-state index in [1.807, 2.05) is 0 Å². The number of benzene rings is 2. The number of aromatic carboxylic acids is 1. The Morgan fingerprint density at radius 2 is 1.76 bits per heavy atom. The van der Waals surface area contributed by atoms with Crippen molar-refractivity contribution in [2.24, 2.45) is 0 Å². The van der Waals surface area contributed by atoms with Crippen molar-refractivity contribution in [1.82, 2.24) is 4.90 Å². The molecule has 2 aromatic carbocycles. The van der Waals surface area contributed by atoms with E-state index < -0.39 is 29.4 Å². The summed E-state index contributed by atoms with van der Waals surface area (Å²) in [6, 6.07) is 10.2. The fourth-order valence-corrected chi connectivity index (χ4v) is 4.94. The number of rotatable bonds is 5. The number of amides is 1. The molecule has 0 unspecified atom stereocenters. The van der Waals surface area contributed by atoms with Gasteiger partial charge >= 0.3 is 18.2 Å². The molecular weight excluding hydrogens is 449 g/mol. The Kier molecular flexibility index (Phi) is 5.55. The number of carbonyl (C=O) groups is 2. The first-order valence-corrected chi connectivity index (χ1v) is 11.4. The zero-order valence-electron chi connectivity index (χ0n) is 18.5. The first kappa shape index (κ1) is 22.7. The summed E-state index contributed by atoms with van der Waals surface area (Å²) >= 11 is 0. The van der Waals surface area contributed by atoms with Gasteiger partial charge < -0.3 is 9.84 Å². The van der Waals surface area contributed by atoms with Gasteiger partial charge in [-0.25, -0.2) is 9.59 Å². The lowest BCUT2D eigenvalue weighted by molar-refractivity contribution is -0.137. The fraction of sp³-hybridized carbons (Fsp3) is 0.440. The van der Waals surface area contributed by atoms with E-state index in [0.717, 1.165) is 24.0 Å². The zero-order chi connectivity index (χ0) is 24.1. The third-order valence-corrected chi connectivity index (χ3v) is 7.05. The molecule has 9 heteroatoms. The highest BCUT2D eigenvalue weighted by Gasteiger charge is 2.47. The summed E-state index contributed by atoms with van der Waals surface area (Å²) in [7, 11) is 0. The summed E-state index contributed by atoms with van der Waals surface area (Å²) < 4.78 is 45.6. The Morgan fingerprint density at radius 3 is 2.35 bits per heavy atom. The lowest BCUT2D eigenvalue weighted by Gasteiger charge is -2.37. The molecule has 1 aliphatic carbocycles. The third kappa shape index (κ3) is 4.49. The SMILES string of the molecule is O=C(O)c1ccc(N2CC3(CCN(Cc4cc(C(F)(F)F)ccc4C4CC4)CC3)OC2=O)cc1. The number of hydrogen-bond donors (Lipinski definition) is 1. The van der Waals surface area contributed by atoms with Crippen LogP contribution in [-0.4, -0.2) is 47.3 Å². The van der Waals surface area contributed by atoms with Crippen molar-refractivity contribution in [2.45, 2.75) is 49.9 Å². The van der Waals surface area contributed by atoms with Gasteiger partial charge in [0.2, 0.25) is 0 Å². The summed E-state index contributed by atoms with van der Waals surface area (Å²) in [6.07, 6.45) is -1.64. The van der Waals surface area contributed by atoms with Crippen molar-refractivity contribution in [1.29, 1.82) is 0 Å². The Balaban J connectivity index is 1.25. The van der Waals surface area contributed by atoms with Gasteiger partial charge in [0.15, 0.2) is 0 Å². The van der Waals surface area contributed by atoms with Crippen LogP contribution >= 0.6 is 0 Å². The number of carboxylic acid groups (broad SMARTS) is 1. The van der Waals surface area contributed by atoms with E-state index >= 15 is 0 Å². The highest BCUT2D eigenvalue weighted by atomic mass is 19.4. The van der Waals surface area contributed by atoms with E-state index in [1.165, 1.54) is 29.2 Å². The number of nitrogens with zero attached hydrogens (tertiary/aromatic N) is 2. The van der Waals surface area contributed by atoms with Gasteiger partial charge in [0.25, 0.3) is 0 Å². The first-order valence-electron chi connectivity index (χ1n) is 11.4. The fourth-order valence-electron chi connectivity index (χ4n) is 4.94. The smallest absolute Gasteiger partial charge is 0.416 e. The van der Waals surface area contributed by atoms with E-state index in [2.05, 4.69) is 4.90 Å². The normalized spacial score (nSPS) is 20.6. The molecule has 180 valence electrons. The molecule has 5 rings (SSSR count). The van der Waals surface area contributed by atoms with Crippen LogP contribution in [0.3, 0.4) is 0 Å². The number of carboxylic acids is 1. The van der Waals surface area contributed by atoms with Gasteiger partial charge in [-0.1, -0.05) is 6.07 Å². The largest absolute Gasteiger partial charge is 0.478 e. The number of anilines is 1. The van der Waals surface area contributed by atoms with E-state index in [-0.39, 0.29) is 5.56 Å². The minimum Gasteiger partial charge on any atom is -0.478 e. The number of halogens is 3. The molecule has 3 fully saturated rings. The molecule has 0 atom stereocenters. The van der Waals surface area contributed by atoms with Gasteiger partial charge in [-0.2, -0.15) is 13.2 Å². The van der Waals surface area contributed by atoms with E-state index in [4.69, 9.17) is 9.84 Å². The van der Waals surface area contributed by atoms with Gasteiger partial charge in [-0.05, 0) is 66.3 Å². The van der Waals surface area contributed by atoms with Crippen LogP contribution in [0, 0.1) is 0 Å². The van der Waals surface area contributed by atoms with Crippen molar-refractivity contribution in [2.75, 3.05) is 24.5 Å². The Morgan fingerprint density at radius 1 is 1.09 bits per heavy atom. The molecule has 1 spiro atoms. The number of ether oxygens (including phenoxy) is 1. The number of hydrogen-bond acceptors (Lipinski definition) is 4. The van der Waals surface area contributed by atoms with Crippen LogP contribution in [-0.2, 0) is 17.5 Å². The monoisotopic (exact) mass is 474 g/mol. The highest BCUT2D eigenvalue weighted by Crippen LogP contribution is 2.44. The zero-order valence-corrected chi connectivity index (χ0v) is 18.5. The predicted molar refractivity (Wildman–Crippen MR) is 118 cm³/mol. The van der Waals surface area contributed by atoms with Crippen LogP contribution in [0.2, 0.25) is 0 Å². The molecule has 2 aliphatic heterocycles. The summed E-state index contributed by atoms with van der Waals surface area (Å²) in [5.74, 6) is -0.685. The molecule has 2 aromatic rings. The molecule has 0 bridgehead atoms. The lowest BCUT2D eigenvalue weighted by atomic mass is 9.90. The van der Waals surface area contributed by atoms with Crippen molar-refractivity contribution < 1.29 is 32.6 Å². The van der Waals surface area contributed by atoms with Crippen LogP contribution < -0.4 is 4.90 Å². The van der Waals surface area contributed by atoms with Crippen molar-refractivity contribution in [3.63, 3.8) is 0 Å². The van der Waals surface area contributed by atoms with Crippen molar-refractivity contribution in [3.05, 3.63) is 64.7 Å². The molecule has 1 amide bonds. The Bertz CT molecular complexity index is 1100. The van der Waals surface area contributed by atoms with Gasteiger partial charge in [-0.15, -0.1) is 0 Å². The molecule has 0 aromatic heterocycles. The van der Waals surface area contributed by atoms with Crippen molar-refractivity contribution in [3.8, 4) is 0 Å². The topological polar surface area (TPSA) is 70.1 Å². The number of likely N-dealkylation sites (tertiary alicyclic amines) is 1. The molecule has 1 saturated carbocycles. The van der Waals surface area contributed by atoms with Crippen LogP contribution in [0.15, 0.2) is 42.5 Å². The second kappa shape index (κ2) is 8.30. The molecule has 2 heterocycles. The summed E-state index contributed by atoms with van der Waals surface area (Å²) in [5.41, 5.74) is 1.20. The summed E-state index contributed by atoms with van der Waals surface area (Å²) in [5, 5.41) is 9.06. The van der Waals surface area contributed by atoms with Crippen LogP contribution in [0.25, 0.3) is 0 Å². The maximum Gasteiger partial charge on any atom is 0.416 e. The van der Waals surface area contributed by atoms with E-state index in [9.17, 15) is 22.8 Å². The molecule has 1 N–H and O–H groups in total. The predicted octanol–water partition coefficient (Wildman–Crippen LogP) is 5.27. The number of piperidine rings is 1. The lowest BCUT2D eigenvalue weighted by Crippen LogP contribution is -2.46. The molecule has 34 heavy (non-hydrogen) atoms. The quantitative estimate of drug-likeness (QED) is 0.639. The Hall–Kier alpha value is -3.07. The number of carbonyl (C=O) groups excluding carboxylic acids is 1. The summed E-state index contributed by atoms with van der Waals surface area (Å²) in [6.45, 7) is 2.03. The molecule has 0 radical (unpaired) electrons. The average Bonchev–Trinajstić information content (AvgIpc) is 3.59. The van der Waals surface area contributed by atoms with Gasteiger partial charge in [0.05, 0.1) is 17.7 Å². The van der Waals surface area contributed by atoms with Crippen LogP contribution in [0.5, 0.6) is 0 Å². The maximum absolute atomic E-state index is 13.3. The van der Waals surface area contributed by atoms with Gasteiger partial charge in [0.1, 0.15) is 5.60 Å². The van der Waals surface area contributed by atoms with Crippen molar-refractivity contribution >= 4 is 17.7 Å². The molecule has 3 aliphatic rings. The number of alkyl halides is 3. The second-order valence-electron chi connectivity index (χ2n) is 9.45. The minimum atomic E-state index is -4.37. The van der Waals surface area contributed by atoms with E-state index in [1.54, 1.807) is 18.2 Å². The van der Waals surface area contributed by atoms with Gasteiger partial charge in [-0.3, -0.25) is 9.80 Å². The molecular formula is C25H25F3N2O4. The summed E-state index contributed by atoms with van der Waals surface area (Å²) in [4.78, 5) is 27.3. The highest BCUT2D eigenvalue weighted by molar-refractivity contribution is 5.92. The minimum absolute atomic E-state index is 0.138. The standard InChI is InChI=1S/C25H25F3N2O4/c26-25(27,28)19-5-8-21(16-1-2-16)18(13-19)14-29-11-9-24(10-12-29)15-30(23(33)34-24)20-6-3-17(4-7-20)22(31)32/h3-8,13,16H,1-2,9-12,14-15H2,(H,31,32). The second-order valence-corrected chi connectivity index (χ2v) is 9.45. The van der Waals surface area contributed by atoms with Crippen LogP contribution in [0.4, 0.5) is 23.7 Å². The van der Waals surface area contributed by atoms with E-state index in [0.29, 0.717) is 50.6 Å². The molecule has 6 nitrogen and oxygen atoms in total.